The molecule has 0 saturated carbocycles. The average molecular weight is 536 g/mol. The normalized spacial score (nSPS) is 18.1. The van der Waals surface area contributed by atoms with Crippen LogP contribution in [0.3, 0.4) is 0 Å². The van der Waals surface area contributed by atoms with E-state index in [4.69, 9.17) is 21.1 Å². The van der Waals surface area contributed by atoms with Crippen molar-refractivity contribution in [3.05, 3.63) is 39.5 Å². The van der Waals surface area contributed by atoms with Crippen LogP contribution in [0.15, 0.2) is 30.3 Å². The molecular formula is C26H34ClN3O5S. The first kappa shape index (κ1) is 27.8. The quantitative estimate of drug-likeness (QED) is 0.508. The maximum absolute atomic E-state index is 12.4. The third kappa shape index (κ3) is 6.91. The highest BCUT2D eigenvalue weighted by molar-refractivity contribution is 7.18. The van der Waals surface area contributed by atoms with Gasteiger partial charge < -0.3 is 24.6 Å². The molecule has 1 unspecified atom stereocenters. The molecule has 8 nitrogen and oxygen atoms in total. The number of hydrogen-bond donors (Lipinski definition) is 1. The first-order valence-corrected chi connectivity index (χ1v) is 13.5. The summed E-state index contributed by atoms with van der Waals surface area (Å²) in [7, 11) is 1.91. The monoisotopic (exact) mass is 535 g/mol. The number of carbonyl (C=O) groups excluding carboxylic acids is 3. The molecule has 1 N–H and O–H groups in total. The lowest BCUT2D eigenvalue weighted by Gasteiger charge is -2.34. The Morgan fingerprint density at radius 1 is 1.31 bits per heavy atom. The molecule has 2 aromatic rings. The maximum atomic E-state index is 12.4. The van der Waals surface area contributed by atoms with Gasteiger partial charge in [0.25, 0.3) is 12.4 Å². The van der Waals surface area contributed by atoms with Crippen molar-refractivity contribution in [2.45, 2.75) is 58.1 Å². The van der Waals surface area contributed by atoms with E-state index in [0.717, 1.165) is 24.2 Å². The molecule has 0 bridgehead atoms. The van der Waals surface area contributed by atoms with Crippen molar-refractivity contribution in [1.82, 2.24) is 5.32 Å². The summed E-state index contributed by atoms with van der Waals surface area (Å²) in [6.45, 7) is 5.93. The number of ether oxygens (including phenoxy) is 2. The molecule has 2 aliphatic rings. The van der Waals surface area contributed by atoms with Gasteiger partial charge in [0.2, 0.25) is 5.91 Å². The zero-order valence-corrected chi connectivity index (χ0v) is 22.6. The lowest BCUT2D eigenvalue weighted by Crippen LogP contribution is -2.48. The molecular weight excluding hydrogens is 502 g/mol. The fourth-order valence-electron chi connectivity index (χ4n) is 4.32. The largest absolute Gasteiger partial charge is 0.491 e. The predicted molar refractivity (Wildman–Crippen MR) is 144 cm³/mol. The summed E-state index contributed by atoms with van der Waals surface area (Å²) in [4.78, 5) is 40.3. The second-order valence-electron chi connectivity index (χ2n) is 8.76. The van der Waals surface area contributed by atoms with E-state index in [9.17, 15) is 14.4 Å². The molecule has 1 aromatic carbocycles. The lowest BCUT2D eigenvalue weighted by molar-refractivity contribution is -0.134. The van der Waals surface area contributed by atoms with Gasteiger partial charge in [-0.2, -0.15) is 0 Å². The minimum atomic E-state index is -0.579. The molecule has 0 aliphatic carbocycles. The third-order valence-electron chi connectivity index (χ3n) is 6.05. The molecule has 0 radical (unpaired) electrons. The van der Waals surface area contributed by atoms with Crippen LogP contribution in [0.25, 0.3) is 0 Å². The first-order valence-electron chi connectivity index (χ1n) is 12.3. The molecule has 2 atom stereocenters. The molecule has 1 aromatic heterocycles. The Morgan fingerprint density at radius 2 is 2.08 bits per heavy atom. The van der Waals surface area contributed by atoms with Gasteiger partial charge in [0.1, 0.15) is 11.9 Å². The van der Waals surface area contributed by atoms with Crippen LogP contribution in [0.2, 0.25) is 4.34 Å². The van der Waals surface area contributed by atoms with E-state index >= 15 is 0 Å². The van der Waals surface area contributed by atoms with Gasteiger partial charge in [0.15, 0.2) is 0 Å². The van der Waals surface area contributed by atoms with Crippen molar-refractivity contribution in [3.8, 4) is 5.75 Å². The number of nitrogens with zero attached hydrogens (tertiary/aromatic N) is 2. The summed E-state index contributed by atoms with van der Waals surface area (Å²) in [5.41, 5.74) is 1.66. The van der Waals surface area contributed by atoms with Crippen LogP contribution in [0.4, 0.5) is 11.4 Å². The minimum Gasteiger partial charge on any atom is -0.491 e. The lowest BCUT2D eigenvalue weighted by atomic mass is 10.0. The van der Waals surface area contributed by atoms with Crippen LogP contribution < -0.4 is 19.9 Å². The van der Waals surface area contributed by atoms with E-state index in [1.165, 1.54) is 17.8 Å². The summed E-state index contributed by atoms with van der Waals surface area (Å²) in [6.07, 6.45) is 3.73. The number of rotatable bonds is 7. The second kappa shape index (κ2) is 13.5. The maximum Gasteiger partial charge on any atom is 0.293 e. The van der Waals surface area contributed by atoms with E-state index in [1.54, 1.807) is 17.0 Å². The van der Waals surface area contributed by atoms with Crippen LogP contribution in [0.5, 0.6) is 5.75 Å². The van der Waals surface area contributed by atoms with Crippen LogP contribution in [-0.2, 0) is 14.3 Å². The molecule has 2 amide bonds. The highest BCUT2D eigenvalue weighted by atomic mass is 35.5. The third-order valence-corrected chi connectivity index (χ3v) is 7.28. The molecule has 196 valence electrons. The zero-order chi connectivity index (χ0) is 26.1. The van der Waals surface area contributed by atoms with Crippen LogP contribution in [-0.4, -0.2) is 57.2 Å². The van der Waals surface area contributed by atoms with E-state index in [0.29, 0.717) is 47.4 Å². The number of nitrogens with one attached hydrogen (secondary N) is 1. The molecule has 36 heavy (non-hydrogen) atoms. The molecule has 1 saturated heterocycles. The average Bonchev–Trinajstić information content (AvgIpc) is 3.24. The number of amides is 2. The number of thiophene rings is 1. The Bertz CT molecular complexity index is 1050. The highest BCUT2D eigenvalue weighted by Gasteiger charge is 2.32. The van der Waals surface area contributed by atoms with Crippen LogP contribution in [0.1, 0.15) is 55.6 Å². The number of anilines is 2. The van der Waals surface area contributed by atoms with Crippen molar-refractivity contribution in [1.29, 1.82) is 0 Å². The number of piperidine rings is 1. The first-order chi connectivity index (χ1) is 17.4. The fourth-order valence-corrected chi connectivity index (χ4v) is 5.28. The van der Waals surface area contributed by atoms with Gasteiger partial charge in [-0.25, -0.2) is 0 Å². The zero-order valence-electron chi connectivity index (χ0n) is 21.0. The Labute approximate surface area is 221 Å². The molecule has 4 rings (SSSR count). The topological polar surface area (TPSA) is 88.2 Å². The number of hydrogen-bond acceptors (Lipinski definition) is 7. The summed E-state index contributed by atoms with van der Waals surface area (Å²) in [5.74, 6) is 0.538. The summed E-state index contributed by atoms with van der Waals surface area (Å²) < 4.78 is 11.9. The van der Waals surface area contributed by atoms with Crippen molar-refractivity contribution < 1.29 is 23.9 Å². The van der Waals surface area contributed by atoms with E-state index in [1.807, 2.05) is 30.1 Å². The number of benzene rings is 1. The van der Waals surface area contributed by atoms with Gasteiger partial charge >= 0.3 is 0 Å². The number of likely N-dealkylation sites (N-methyl/N-ethyl adjacent to an activating group) is 1. The summed E-state index contributed by atoms with van der Waals surface area (Å²) in [6, 6.07) is 8.85. The SMILES string of the molecule is CCC.CN1c2ccc(N3CCCCC3=O)cc2OCC[C@H]1C(CNC(=O)c1ccc(Cl)s1)OC=O. The van der Waals surface area contributed by atoms with E-state index in [2.05, 4.69) is 19.2 Å². The minimum absolute atomic E-state index is 0.128. The number of carbonyl (C=O) groups is 3. The van der Waals surface area contributed by atoms with Gasteiger partial charge in [-0.3, -0.25) is 14.4 Å². The van der Waals surface area contributed by atoms with Gasteiger partial charge in [-0.1, -0.05) is 31.9 Å². The molecule has 3 heterocycles. The van der Waals surface area contributed by atoms with Crippen molar-refractivity contribution in [2.24, 2.45) is 0 Å². The second-order valence-corrected chi connectivity index (χ2v) is 10.5. The Balaban J connectivity index is 0.00000115. The van der Waals surface area contributed by atoms with Crippen LogP contribution >= 0.6 is 22.9 Å². The number of halogens is 1. The Kier molecular flexibility index (Phi) is 10.4. The highest BCUT2D eigenvalue weighted by Crippen LogP contribution is 2.37. The van der Waals surface area contributed by atoms with Gasteiger partial charge in [-0.15, -0.1) is 11.3 Å². The van der Waals surface area contributed by atoms with Crippen molar-refractivity contribution in [3.63, 3.8) is 0 Å². The standard InChI is InChI=1S/C23H26ClN3O5S.C3H8/c1-26-16-6-5-15(27-10-3-2-4-22(27)29)12-18(16)31-11-9-17(26)19(32-14-28)13-25-23(30)20-7-8-21(24)33-20;1-3-2/h5-8,12,14,17,19H,2-4,9-11,13H2,1H3,(H,25,30);3H2,1-2H3/t17-,19?;/m0./s1. The summed E-state index contributed by atoms with van der Waals surface area (Å²) >= 11 is 7.11. The van der Waals surface area contributed by atoms with Gasteiger partial charge in [0, 0.05) is 38.2 Å². The predicted octanol–water partition coefficient (Wildman–Crippen LogP) is 4.89. The van der Waals surface area contributed by atoms with Gasteiger partial charge in [0.05, 0.1) is 34.1 Å². The Hall–Kier alpha value is -2.78. The van der Waals surface area contributed by atoms with Gasteiger partial charge in [-0.05, 0) is 37.1 Å². The van der Waals surface area contributed by atoms with Crippen molar-refractivity contribution in [2.75, 3.05) is 36.5 Å². The molecule has 10 heteroatoms. The Morgan fingerprint density at radius 3 is 2.75 bits per heavy atom. The summed E-state index contributed by atoms with van der Waals surface area (Å²) in [5, 5.41) is 2.83. The smallest absolute Gasteiger partial charge is 0.293 e. The molecule has 2 aliphatic heterocycles. The van der Waals surface area contributed by atoms with E-state index in [-0.39, 0.29) is 24.4 Å². The molecule has 0 spiro atoms. The van der Waals surface area contributed by atoms with E-state index < -0.39 is 6.10 Å². The molecule has 1 fully saturated rings. The number of fused-ring (bicyclic) bond motifs is 1. The van der Waals surface area contributed by atoms with Crippen molar-refractivity contribution >= 4 is 52.6 Å². The fraction of sp³-hybridized carbons (Fsp3) is 0.500. The van der Waals surface area contributed by atoms with Crippen LogP contribution in [0, 0.1) is 0 Å².